The fourth-order valence-corrected chi connectivity index (χ4v) is 4.42. The Balaban J connectivity index is 1.13. The first-order chi connectivity index (χ1) is 16.2. The van der Waals surface area contributed by atoms with E-state index in [1.807, 2.05) is 18.2 Å². The maximum absolute atomic E-state index is 6.54. The molecular weight excluding hydrogens is 444 g/mol. The standard InChI is InChI=1S/C23H27ClN6O3/c1-31-21-3-2-18-22(28-21)23(17(24)14-27-18)30-8-6-29(7-9-30)5-4-25-13-16-12-19-20(15-26-16)33-11-10-32-19/h2-3,12,14-15,25H,4-11,13H2,1H3. The molecule has 1 fully saturated rings. The van der Waals surface area contributed by atoms with E-state index >= 15 is 0 Å². The molecule has 174 valence electrons. The third kappa shape index (κ3) is 4.90. The number of pyridine rings is 3. The normalized spacial score (nSPS) is 16.2. The molecule has 3 aromatic rings. The summed E-state index contributed by atoms with van der Waals surface area (Å²) < 4.78 is 16.5. The van der Waals surface area contributed by atoms with Crippen molar-refractivity contribution >= 4 is 28.3 Å². The Kier molecular flexibility index (Phi) is 6.61. The summed E-state index contributed by atoms with van der Waals surface area (Å²) in [6.07, 6.45) is 3.44. The lowest BCUT2D eigenvalue weighted by Gasteiger charge is -2.36. The van der Waals surface area contributed by atoms with Crippen molar-refractivity contribution in [1.82, 2.24) is 25.2 Å². The minimum atomic E-state index is 0.560. The van der Waals surface area contributed by atoms with Gasteiger partial charge in [-0.25, -0.2) is 4.98 Å². The maximum Gasteiger partial charge on any atom is 0.213 e. The highest BCUT2D eigenvalue weighted by molar-refractivity contribution is 6.34. The van der Waals surface area contributed by atoms with Gasteiger partial charge in [0.2, 0.25) is 5.88 Å². The van der Waals surface area contributed by atoms with Gasteiger partial charge < -0.3 is 24.4 Å². The molecule has 1 N–H and O–H groups in total. The number of halogens is 1. The molecule has 0 amide bonds. The van der Waals surface area contributed by atoms with Gasteiger partial charge in [0.1, 0.15) is 18.7 Å². The van der Waals surface area contributed by atoms with Crippen LogP contribution in [0.5, 0.6) is 17.4 Å². The van der Waals surface area contributed by atoms with Gasteiger partial charge >= 0.3 is 0 Å². The molecule has 0 spiro atoms. The number of rotatable bonds is 7. The van der Waals surface area contributed by atoms with Crippen LogP contribution in [0.2, 0.25) is 5.02 Å². The zero-order chi connectivity index (χ0) is 22.6. The molecule has 0 aromatic carbocycles. The monoisotopic (exact) mass is 470 g/mol. The van der Waals surface area contributed by atoms with Crippen LogP contribution in [0.25, 0.3) is 11.0 Å². The molecule has 0 bridgehead atoms. The largest absolute Gasteiger partial charge is 0.486 e. The van der Waals surface area contributed by atoms with Crippen LogP contribution in [-0.4, -0.2) is 79.4 Å². The zero-order valence-electron chi connectivity index (χ0n) is 18.6. The molecule has 2 aliphatic rings. The number of hydrogen-bond donors (Lipinski definition) is 1. The molecule has 0 atom stereocenters. The maximum atomic E-state index is 6.54. The van der Waals surface area contributed by atoms with E-state index in [4.69, 9.17) is 25.8 Å². The van der Waals surface area contributed by atoms with Crippen LogP contribution >= 0.6 is 11.6 Å². The second-order valence-electron chi connectivity index (χ2n) is 8.00. The summed E-state index contributed by atoms with van der Waals surface area (Å²) in [6.45, 7) is 7.37. The average Bonchev–Trinajstić information content (AvgIpc) is 2.86. The number of nitrogens with one attached hydrogen (secondary N) is 1. The Morgan fingerprint density at radius 1 is 1.06 bits per heavy atom. The van der Waals surface area contributed by atoms with Crippen molar-refractivity contribution in [3.8, 4) is 17.4 Å². The van der Waals surface area contributed by atoms with Gasteiger partial charge in [0, 0.05) is 64.1 Å². The third-order valence-corrected chi connectivity index (χ3v) is 6.19. The lowest BCUT2D eigenvalue weighted by atomic mass is 10.2. The first kappa shape index (κ1) is 21.9. The molecule has 9 nitrogen and oxygen atoms in total. The lowest BCUT2D eigenvalue weighted by molar-refractivity contribution is 0.170. The first-order valence-electron chi connectivity index (χ1n) is 11.1. The minimum absolute atomic E-state index is 0.560. The van der Waals surface area contributed by atoms with Crippen molar-refractivity contribution in [3.63, 3.8) is 0 Å². The summed E-state index contributed by atoms with van der Waals surface area (Å²) in [7, 11) is 1.61. The highest BCUT2D eigenvalue weighted by Crippen LogP contribution is 2.33. The molecule has 1 saturated heterocycles. The number of fused-ring (bicyclic) bond motifs is 2. The summed E-state index contributed by atoms with van der Waals surface area (Å²) in [5, 5.41) is 4.09. The van der Waals surface area contributed by atoms with Gasteiger partial charge in [-0.1, -0.05) is 11.6 Å². The van der Waals surface area contributed by atoms with Crippen molar-refractivity contribution in [2.75, 3.05) is 64.5 Å². The number of ether oxygens (including phenoxy) is 3. The number of methoxy groups -OCH3 is 1. The van der Waals surface area contributed by atoms with Crippen molar-refractivity contribution in [1.29, 1.82) is 0 Å². The van der Waals surface area contributed by atoms with Gasteiger partial charge in [0.05, 0.1) is 35.2 Å². The van der Waals surface area contributed by atoms with E-state index in [0.717, 1.165) is 73.2 Å². The molecule has 0 saturated carbocycles. The van der Waals surface area contributed by atoms with Crippen molar-refractivity contribution in [3.05, 3.63) is 41.3 Å². The second kappa shape index (κ2) is 9.94. The van der Waals surface area contributed by atoms with Gasteiger partial charge in [-0.15, -0.1) is 0 Å². The van der Waals surface area contributed by atoms with Gasteiger partial charge in [0.15, 0.2) is 11.5 Å². The van der Waals surface area contributed by atoms with Crippen LogP contribution in [0, 0.1) is 0 Å². The predicted molar refractivity (Wildman–Crippen MR) is 127 cm³/mol. The Bertz CT molecular complexity index is 1120. The van der Waals surface area contributed by atoms with E-state index in [9.17, 15) is 0 Å². The van der Waals surface area contributed by atoms with E-state index in [2.05, 4.69) is 30.1 Å². The molecule has 5 rings (SSSR count). The van der Waals surface area contributed by atoms with Crippen LogP contribution < -0.4 is 24.4 Å². The molecule has 2 aliphatic heterocycles. The van der Waals surface area contributed by atoms with Crippen molar-refractivity contribution in [2.24, 2.45) is 0 Å². The Morgan fingerprint density at radius 2 is 1.88 bits per heavy atom. The summed E-state index contributed by atoms with van der Waals surface area (Å²) in [5.41, 5.74) is 3.48. The second-order valence-corrected chi connectivity index (χ2v) is 8.41. The van der Waals surface area contributed by atoms with E-state index in [-0.39, 0.29) is 0 Å². The summed E-state index contributed by atoms with van der Waals surface area (Å²) in [6, 6.07) is 5.68. The summed E-state index contributed by atoms with van der Waals surface area (Å²) >= 11 is 6.54. The molecule has 0 unspecified atom stereocenters. The first-order valence-corrected chi connectivity index (χ1v) is 11.5. The van der Waals surface area contributed by atoms with Gasteiger partial charge in [0.25, 0.3) is 0 Å². The molecule has 3 aromatic heterocycles. The summed E-state index contributed by atoms with van der Waals surface area (Å²) in [5.74, 6) is 2.06. The topological polar surface area (TPSA) is 84.9 Å². The van der Waals surface area contributed by atoms with E-state index < -0.39 is 0 Å². The van der Waals surface area contributed by atoms with Crippen molar-refractivity contribution < 1.29 is 14.2 Å². The van der Waals surface area contributed by atoms with Gasteiger partial charge in [-0.05, 0) is 6.07 Å². The number of nitrogens with zero attached hydrogens (tertiary/aromatic N) is 5. The molecule has 10 heteroatoms. The lowest BCUT2D eigenvalue weighted by Crippen LogP contribution is -2.48. The van der Waals surface area contributed by atoms with Gasteiger partial charge in [-0.2, -0.15) is 0 Å². The fraction of sp³-hybridized carbons (Fsp3) is 0.435. The van der Waals surface area contributed by atoms with Crippen molar-refractivity contribution in [2.45, 2.75) is 6.54 Å². The highest BCUT2D eigenvalue weighted by Gasteiger charge is 2.22. The average molecular weight is 471 g/mol. The van der Waals surface area contributed by atoms with Crippen LogP contribution in [-0.2, 0) is 6.54 Å². The van der Waals surface area contributed by atoms with Crippen LogP contribution in [0.4, 0.5) is 5.69 Å². The summed E-state index contributed by atoms with van der Waals surface area (Å²) in [4.78, 5) is 18.2. The quantitative estimate of drug-likeness (QED) is 0.523. The molecule has 5 heterocycles. The molecule has 33 heavy (non-hydrogen) atoms. The smallest absolute Gasteiger partial charge is 0.213 e. The predicted octanol–water partition coefficient (Wildman–Crippen LogP) is 2.37. The van der Waals surface area contributed by atoms with Crippen LogP contribution in [0.1, 0.15) is 5.69 Å². The number of piperazine rings is 1. The third-order valence-electron chi connectivity index (χ3n) is 5.91. The fourth-order valence-electron chi connectivity index (χ4n) is 4.16. The Hall–Kier alpha value is -2.88. The van der Waals surface area contributed by atoms with Crippen LogP contribution in [0.3, 0.4) is 0 Å². The number of anilines is 1. The van der Waals surface area contributed by atoms with Gasteiger partial charge in [-0.3, -0.25) is 14.9 Å². The molecule has 0 aliphatic carbocycles. The highest BCUT2D eigenvalue weighted by atomic mass is 35.5. The Labute approximate surface area is 197 Å². The number of aromatic nitrogens is 3. The van der Waals surface area contributed by atoms with E-state index in [0.29, 0.717) is 30.7 Å². The SMILES string of the molecule is COc1ccc2ncc(Cl)c(N3CCN(CCNCc4cc5c(cn4)OCCO5)CC3)c2n1. The van der Waals surface area contributed by atoms with Crippen LogP contribution in [0.15, 0.2) is 30.6 Å². The molecular formula is C23H27ClN6O3. The Morgan fingerprint density at radius 3 is 2.70 bits per heavy atom. The van der Waals surface area contributed by atoms with E-state index in [1.165, 1.54) is 0 Å². The minimum Gasteiger partial charge on any atom is -0.486 e. The zero-order valence-corrected chi connectivity index (χ0v) is 19.3. The number of hydrogen-bond acceptors (Lipinski definition) is 9. The molecule has 0 radical (unpaired) electrons. The van der Waals surface area contributed by atoms with E-state index in [1.54, 1.807) is 19.5 Å².